The van der Waals surface area contributed by atoms with E-state index in [0.717, 1.165) is 35.9 Å². The fraction of sp³-hybridized carbons (Fsp3) is 0.500. The van der Waals surface area contributed by atoms with Crippen molar-refractivity contribution in [1.82, 2.24) is 15.5 Å². The third kappa shape index (κ3) is 4.39. The summed E-state index contributed by atoms with van der Waals surface area (Å²) in [5, 5.41) is 14.4. The van der Waals surface area contributed by atoms with Gasteiger partial charge in [0.05, 0.1) is 0 Å². The van der Waals surface area contributed by atoms with Crippen molar-refractivity contribution in [2.75, 3.05) is 13.1 Å². The lowest BCUT2D eigenvalue weighted by atomic mass is 10.0. The van der Waals surface area contributed by atoms with E-state index in [4.69, 9.17) is 0 Å². The summed E-state index contributed by atoms with van der Waals surface area (Å²) < 4.78 is 0. The monoisotopic (exact) mass is 289 g/mol. The Morgan fingerprint density at radius 1 is 1.15 bits per heavy atom. The molecule has 4 heteroatoms. The molecule has 1 unspecified atom stereocenters. The average molecular weight is 289 g/mol. The third-order valence-electron chi connectivity index (χ3n) is 3.32. The minimum absolute atomic E-state index is 0.334. The lowest BCUT2D eigenvalue weighted by Gasteiger charge is -2.06. The maximum absolute atomic E-state index is 4.36. The highest BCUT2D eigenvalue weighted by molar-refractivity contribution is 7.11. The molecule has 108 valence electrons. The maximum atomic E-state index is 4.36. The number of nitrogens with zero attached hydrogens (tertiary/aromatic N) is 2. The van der Waals surface area contributed by atoms with E-state index in [1.165, 1.54) is 12.0 Å². The number of aromatic nitrogens is 2. The smallest absolute Gasteiger partial charge is 0.124 e. The molecule has 0 radical (unpaired) electrons. The zero-order chi connectivity index (χ0) is 14.2. The largest absolute Gasteiger partial charge is 0.317 e. The number of rotatable bonds is 8. The Labute approximate surface area is 125 Å². The number of hydrogen-bond acceptors (Lipinski definition) is 4. The van der Waals surface area contributed by atoms with E-state index in [0.29, 0.717) is 5.92 Å². The van der Waals surface area contributed by atoms with Crippen molar-refractivity contribution < 1.29 is 0 Å². The average Bonchev–Trinajstić information content (AvgIpc) is 2.96. The summed E-state index contributed by atoms with van der Waals surface area (Å²) in [7, 11) is 0. The van der Waals surface area contributed by atoms with Crippen molar-refractivity contribution in [2.45, 2.75) is 39.0 Å². The highest BCUT2D eigenvalue weighted by Crippen LogP contribution is 2.26. The van der Waals surface area contributed by atoms with Gasteiger partial charge >= 0.3 is 0 Å². The highest BCUT2D eigenvalue weighted by atomic mass is 32.1. The summed E-state index contributed by atoms with van der Waals surface area (Å²) in [6, 6.07) is 10.5. The summed E-state index contributed by atoms with van der Waals surface area (Å²) in [4.78, 5) is 0. The van der Waals surface area contributed by atoms with E-state index in [2.05, 4.69) is 53.6 Å². The molecule has 0 bridgehead atoms. The van der Waals surface area contributed by atoms with E-state index in [1.807, 2.05) is 6.07 Å². The summed E-state index contributed by atoms with van der Waals surface area (Å²) in [6.07, 6.45) is 3.35. The van der Waals surface area contributed by atoms with Crippen molar-refractivity contribution in [3.05, 3.63) is 45.9 Å². The molecule has 0 amide bonds. The van der Waals surface area contributed by atoms with Crippen LogP contribution in [-0.2, 0) is 6.42 Å². The summed E-state index contributed by atoms with van der Waals surface area (Å²) >= 11 is 1.75. The lowest BCUT2D eigenvalue weighted by molar-refractivity contribution is 0.637. The first-order chi connectivity index (χ1) is 9.81. The Kier molecular flexibility index (Phi) is 6.15. The van der Waals surface area contributed by atoms with Crippen LogP contribution in [0.2, 0.25) is 0 Å². The van der Waals surface area contributed by atoms with Crippen LogP contribution >= 0.6 is 11.3 Å². The number of hydrogen-bond donors (Lipinski definition) is 1. The van der Waals surface area contributed by atoms with Crippen LogP contribution in [0.25, 0.3) is 0 Å². The maximum Gasteiger partial charge on any atom is 0.124 e. The molecule has 0 fully saturated rings. The van der Waals surface area contributed by atoms with Crippen LogP contribution in [0.15, 0.2) is 30.3 Å². The molecule has 0 aliphatic rings. The first-order valence-electron chi connectivity index (χ1n) is 7.39. The van der Waals surface area contributed by atoms with Crippen molar-refractivity contribution in [2.24, 2.45) is 0 Å². The van der Waals surface area contributed by atoms with Gasteiger partial charge in [0, 0.05) is 12.3 Å². The Hall–Kier alpha value is -1.26. The van der Waals surface area contributed by atoms with E-state index < -0.39 is 0 Å². The van der Waals surface area contributed by atoms with Crippen LogP contribution < -0.4 is 5.32 Å². The van der Waals surface area contributed by atoms with Crippen molar-refractivity contribution in [1.29, 1.82) is 0 Å². The van der Waals surface area contributed by atoms with Gasteiger partial charge in [0.1, 0.15) is 10.0 Å². The van der Waals surface area contributed by atoms with Crippen LogP contribution in [0.1, 0.15) is 48.2 Å². The third-order valence-corrected chi connectivity index (χ3v) is 4.49. The molecule has 0 spiro atoms. The number of aryl methyl sites for hydroxylation is 1. The van der Waals surface area contributed by atoms with Gasteiger partial charge in [0.2, 0.25) is 0 Å². The molecule has 20 heavy (non-hydrogen) atoms. The number of nitrogens with one attached hydrogen (secondary N) is 1. The molecule has 0 saturated carbocycles. The zero-order valence-corrected chi connectivity index (χ0v) is 13.1. The molecule has 1 aromatic carbocycles. The Balaban J connectivity index is 1.85. The highest BCUT2D eigenvalue weighted by Gasteiger charge is 2.13. The fourth-order valence-corrected chi connectivity index (χ4v) is 3.06. The fourth-order valence-electron chi connectivity index (χ4n) is 2.09. The molecule has 1 atom stereocenters. The second-order valence-corrected chi connectivity index (χ2v) is 6.11. The molecule has 1 heterocycles. The Bertz CT molecular complexity index is 495. The van der Waals surface area contributed by atoms with Crippen LogP contribution in [0.4, 0.5) is 0 Å². The minimum Gasteiger partial charge on any atom is -0.317 e. The molecular formula is C16H23N3S. The molecule has 1 aromatic heterocycles. The molecule has 1 N–H and O–H groups in total. The molecule has 3 nitrogen and oxygen atoms in total. The van der Waals surface area contributed by atoms with Crippen LogP contribution in [0.3, 0.4) is 0 Å². The van der Waals surface area contributed by atoms with Gasteiger partial charge < -0.3 is 5.32 Å². The summed E-state index contributed by atoms with van der Waals surface area (Å²) in [5.41, 5.74) is 1.31. The van der Waals surface area contributed by atoms with E-state index in [9.17, 15) is 0 Å². The molecule has 0 aliphatic heterocycles. The molecule has 2 rings (SSSR count). The minimum atomic E-state index is 0.334. The Morgan fingerprint density at radius 3 is 2.70 bits per heavy atom. The normalized spacial score (nSPS) is 12.5. The number of benzene rings is 1. The van der Waals surface area contributed by atoms with Gasteiger partial charge in [0.25, 0.3) is 0 Å². The molecule has 0 aliphatic carbocycles. The van der Waals surface area contributed by atoms with Crippen molar-refractivity contribution in [3.8, 4) is 0 Å². The SMILES string of the molecule is CCCNCCCc1nnc(C(C)c2ccccc2)s1. The van der Waals surface area contributed by atoms with Gasteiger partial charge in [-0.2, -0.15) is 0 Å². The van der Waals surface area contributed by atoms with Crippen molar-refractivity contribution in [3.63, 3.8) is 0 Å². The molecular weight excluding hydrogens is 266 g/mol. The predicted molar refractivity (Wildman–Crippen MR) is 85.3 cm³/mol. The quantitative estimate of drug-likeness (QED) is 0.754. The zero-order valence-electron chi connectivity index (χ0n) is 12.3. The second-order valence-electron chi connectivity index (χ2n) is 5.02. The predicted octanol–water partition coefficient (Wildman–Crippen LogP) is 3.62. The van der Waals surface area contributed by atoms with E-state index in [-0.39, 0.29) is 0 Å². The van der Waals surface area contributed by atoms with E-state index in [1.54, 1.807) is 11.3 Å². The van der Waals surface area contributed by atoms with Crippen LogP contribution in [0.5, 0.6) is 0 Å². The van der Waals surface area contributed by atoms with Gasteiger partial charge in [0.15, 0.2) is 0 Å². The van der Waals surface area contributed by atoms with Crippen molar-refractivity contribution >= 4 is 11.3 Å². The lowest BCUT2D eigenvalue weighted by Crippen LogP contribution is -2.16. The van der Waals surface area contributed by atoms with Gasteiger partial charge in [-0.05, 0) is 31.5 Å². The molecule has 0 saturated heterocycles. The van der Waals surface area contributed by atoms with Gasteiger partial charge in [-0.1, -0.05) is 44.2 Å². The Morgan fingerprint density at radius 2 is 1.95 bits per heavy atom. The standard InChI is InChI=1S/C16H23N3S/c1-3-11-17-12-7-10-15-18-19-16(20-15)13(2)14-8-5-4-6-9-14/h4-6,8-9,13,17H,3,7,10-12H2,1-2H3. The summed E-state index contributed by atoms with van der Waals surface area (Å²) in [6.45, 7) is 6.56. The van der Waals surface area contributed by atoms with Gasteiger partial charge in [-0.3, -0.25) is 0 Å². The topological polar surface area (TPSA) is 37.8 Å². The van der Waals surface area contributed by atoms with Gasteiger partial charge in [-0.25, -0.2) is 0 Å². The molecule has 2 aromatic rings. The first-order valence-corrected chi connectivity index (χ1v) is 8.21. The summed E-state index contributed by atoms with van der Waals surface area (Å²) in [5.74, 6) is 0.334. The van der Waals surface area contributed by atoms with Gasteiger partial charge in [-0.15, -0.1) is 21.5 Å². The van der Waals surface area contributed by atoms with Crippen LogP contribution in [0, 0.1) is 0 Å². The first kappa shape index (κ1) is 15.1. The van der Waals surface area contributed by atoms with Crippen LogP contribution in [-0.4, -0.2) is 23.3 Å². The van der Waals surface area contributed by atoms with E-state index >= 15 is 0 Å². The second kappa shape index (κ2) is 8.12.